The van der Waals surface area contributed by atoms with Crippen molar-refractivity contribution in [1.29, 1.82) is 0 Å². The minimum Gasteiger partial charge on any atom is -0.493 e. The van der Waals surface area contributed by atoms with Crippen LogP contribution in [-0.2, 0) is 17.9 Å². The standard InChI is InChI=1S/C15H17ClN2O4/c1-20-9-14-17-18(15(19)22-14)7-11-6-12(16)4-5-13(11)21-8-10-2-3-10/h4-6,10H,2-3,7-9H2,1H3. The Balaban J connectivity index is 1.80. The second kappa shape index (κ2) is 6.54. The highest BCUT2D eigenvalue weighted by molar-refractivity contribution is 6.30. The van der Waals surface area contributed by atoms with Crippen molar-refractivity contribution >= 4 is 11.6 Å². The SMILES string of the molecule is COCc1nn(Cc2cc(Cl)ccc2OCC2CC2)c(=O)o1. The Labute approximate surface area is 132 Å². The van der Waals surface area contributed by atoms with Gasteiger partial charge in [0, 0.05) is 17.7 Å². The molecule has 0 amide bonds. The van der Waals surface area contributed by atoms with E-state index in [1.165, 1.54) is 24.6 Å². The quantitative estimate of drug-likeness (QED) is 0.782. The lowest BCUT2D eigenvalue weighted by molar-refractivity contribution is 0.158. The lowest BCUT2D eigenvalue weighted by atomic mass is 10.2. The zero-order chi connectivity index (χ0) is 15.5. The lowest BCUT2D eigenvalue weighted by Crippen LogP contribution is -2.17. The van der Waals surface area contributed by atoms with E-state index in [0.29, 0.717) is 17.5 Å². The Kier molecular flexibility index (Phi) is 4.49. The molecule has 2 aromatic rings. The van der Waals surface area contributed by atoms with Crippen LogP contribution in [0.5, 0.6) is 5.75 Å². The maximum atomic E-state index is 11.8. The molecule has 1 aromatic carbocycles. The minimum absolute atomic E-state index is 0.156. The maximum Gasteiger partial charge on any atom is 0.437 e. The molecule has 7 heteroatoms. The van der Waals surface area contributed by atoms with E-state index in [4.69, 9.17) is 25.5 Å². The Morgan fingerprint density at radius 3 is 3.00 bits per heavy atom. The summed E-state index contributed by atoms with van der Waals surface area (Å²) < 4.78 is 17.0. The smallest absolute Gasteiger partial charge is 0.437 e. The summed E-state index contributed by atoms with van der Waals surface area (Å²) in [6, 6.07) is 5.37. The van der Waals surface area contributed by atoms with Crippen molar-refractivity contribution in [2.45, 2.75) is 26.0 Å². The van der Waals surface area contributed by atoms with Gasteiger partial charge in [-0.25, -0.2) is 4.79 Å². The first-order valence-electron chi connectivity index (χ1n) is 7.12. The first-order valence-corrected chi connectivity index (χ1v) is 7.50. The summed E-state index contributed by atoms with van der Waals surface area (Å²) in [6.45, 7) is 1.09. The molecule has 1 saturated carbocycles. The van der Waals surface area contributed by atoms with Crippen LogP contribution in [0.1, 0.15) is 24.3 Å². The van der Waals surface area contributed by atoms with E-state index in [-0.39, 0.29) is 19.0 Å². The molecule has 3 rings (SSSR count). The molecule has 0 spiro atoms. The fraction of sp³-hybridized carbons (Fsp3) is 0.467. The van der Waals surface area contributed by atoms with Crippen LogP contribution in [0.25, 0.3) is 0 Å². The van der Waals surface area contributed by atoms with Crippen molar-refractivity contribution in [3.63, 3.8) is 0 Å². The predicted molar refractivity (Wildman–Crippen MR) is 80.2 cm³/mol. The number of nitrogens with zero attached hydrogens (tertiary/aromatic N) is 2. The second-order valence-electron chi connectivity index (χ2n) is 5.36. The number of ether oxygens (including phenoxy) is 2. The van der Waals surface area contributed by atoms with E-state index in [1.807, 2.05) is 6.07 Å². The van der Waals surface area contributed by atoms with E-state index < -0.39 is 5.76 Å². The lowest BCUT2D eigenvalue weighted by Gasteiger charge is -2.11. The van der Waals surface area contributed by atoms with Gasteiger partial charge in [0.25, 0.3) is 0 Å². The number of hydrogen-bond donors (Lipinski definition) is 0. The molecule has 0 N–H and O–H groups in total. The molecule has 1 fully saturated rings. The molecule has 6 nitrogen and oxygen atoms in total. The van der Waals surface area contributed by atoms with Crippen LogP contribution in [0.15, 0.2) is 27.4 Å². The van der Waals surface area contributed by atoms with Gasteiger partial charge >= 0.3 is 5.76 Å². The molecule has 1 aliphatic carbocycles. The molecule has 118 valence electrons. The first kappa shape index (κ1) is 15.1. The van der Waals surface area contributed by atoms with Crippen LogP contribution in [0.4, 0.5) is 0 Å². The molecule has 1 aromatic heterocycles. The van der Waals surface area contributed by atoms with E-state index in [2.05, 4.69) is 5.10 Å². The number of aromatic nitrogens is 2. The molecule has 0 atom stereocenters. The highest BCUT2D eigenvalue weighted by atomic mass is 35.5. The Hall–Kier alpha value is -1.79. The molecule has 0 bridgehead atoms. The Morgan fingerprint density at radius 1 is 1.45 bits per heavy atom. The molecular weight excluding hydrogens is 308 g/mol. The van der Waals surface area contributed by atoms with Gasteiger partial charge in [0.05, 0.1) is 13.2 Å². The number of methoxy groups -OCH3 is 1. The molecular formula is C15H17ClN2O4. The summed E-state index contributed by atoms with van der Waals surface area (Å²) in [5, 5.41) is 4.67. The van der Waals surface area contributed by atoms with Gasteiger partial charge in [0.2, 0.25) is 5.89 Å². The molecule has 1 heterocycles. The normalized spacial score (nSPS) is 14.3. The molecule has 22 heavy (non-hydrogen) atoms. The van der Waals surface area contributed by atoms with Gasteiger partial charge in [-0.05, 0) is 37.0 Å². The van der Waals surface area contributed by atoms with Crippen LogP contribution in [0.2, 0.25) is 5.02 Å². The Morgan fingerprint density at radius 2 is 2.27 bits per heavy atom. The van der Waals surface area contributed by atoms with E-state index in [0.717, 1.165) is 11.3 Å². The monoisotopic (exact) mass is 324 g/mol. The van der Waals surface area contributed by atoms with E-state index in [9.17, 15) is 4.79 Å². The number of hydrogen-bond acceptors (Lipinski definition) is 5. The summed E-state index contributed by atoms with van der Waals surface area (Å²) in [4.78, 5) is 11.8. The van der Waals surface area contributed by atoms with E-state index >= 15 is 0 Å². The van der Waals surface area contributed by atoms with Crippen molar-refractivity contribution < 1.29 is 13.9 Å². The van der Waals surface area contributed by atoms with Gasteiger partial charge in [0.15, 0.2) is 0 Å². The summed E-state index contributed by atoms with van der Waals surface area (Å²) in [7, 11) is 1.51. The summed E-state index contributed by atoms with van der Waals surface area (Å²) >= 11 is 6.05. The number of benzene rings is 1. The molecule has 0 aliphatic heterocycles. The fourth-order valence-corrected chi connectivity index (χ4v) is 2.29. The highest BCUT2D eigenvalue weighted by Gasteiger charge is 2.22. The molecule has 0 unspecified atom stereocenters. The summed E-state index contributed by atoms with van der Waals surface area (Å²) in [5.74, 6) is 1.08. The highest BCUT2D eigenvalue weighted by Crippen LogP contribution is 2.31. The average molecular weight is 325 g/mol. The van der Waals surface area contributed by atoms with Crippen LogP contribution >= 0.6 is 11.6 Å². The van der Waals surface area contributed by atoms with Gasteiger partial charge in [0.1, 0.15) is 12.4 Å². The topological polar surface area (TPSA) is 66.5 Å². The number of rotatable bonds is 7. The fourth-order valence-electron chi connectivity index (χ4n) is 2.10. The summed E-state index contributed by atoms with van der Waals surface area (Å²) in [5.41, 5.74) is 0.799. The van der Waals surface area contributed by atoms with Gasteiger partial charge < -0.3 is 13.9 Å². The van der Waals surface area contributed by atoms with Crippen molar-refractivity contribution in [3.05, 3.63) is 45.2 Å². The first-order chi connectivity index (χ1) is 10.7. The van der Waals surface area contributed by atoms with Crippen LogP contribution in [0, 0.1) is 5.92 Å². The molecule has 0 radical (unpaired) electrons. The third kappa shape index (κ3) is 3.69. The zero-order valence-electron chi connectivity index (χ0n) is 12.3. The third-order valence-electron chi connectivity index (χ3n) is 3.43. The average Bonchev–Trinajstić information content (AvgIpc) is 3.24. The van der Waals surface area contributed by atoms with Crippen molar-refractivity contribution in [2.24, 2.45) is 5.92 Å². The molecule has 1 aliphatic rings. The van der Waals surface area contributed by atoms with Crippen molar-refractivity contribution in [3.8, 4) is 5.75 Å². The van der Waals surface area contributed by atoms with Gasteiger partial charge in [-0.1, -0.05) is 11.6 Å². The minimum atomic E-state index is -0.528. The third-order valence-corrected chi connectivity index (χ3v) is 3.67. The van der Waals surface area contributed by atoms with Crippen LogP contribution in [-0.4, -0.2) is 23.5 Å². The van der Waals surface area contributed by atoms with Crippen LogP contribution in [0.3, 0.4) is 0 Å². The summed E-state index contributed by atoms with van der Waals surface area (Å²) in [6.07, 6.45) is 2.43. The number of halogens is 1. The Bertz CT molecular complexity index is 706. The predicted octanol–water partition coefficient (Wildman–Crippen LogP) is 2.47. The maximum absolute atomic E-state index is 11.8. The van der Waals surface area contributed by atoms with Gasteiger partial charge in [-0.15, -0.1) is 5.10 Å². The van der Waals surface area contributed by atoms with Crippen molar-refractivity contribution in [1.82, 2.24) is 9.78 Å². The van der Waals surface area contributed by atoms with Crippen molar-refractivity contribution in [2.75, 3.05) is 13.7 Å². The van der Waals surface area contributed by atoms with Gasteiger partial charge in [-0.2, -0.15) is 4.68 Å². The zero-order valence-corrected chi connectivity index (χ0v) is 13.0. The van der Waals surface area contributed by atoms with Gasteiger partial charge in [-0.3, -0.25) is 0 Å². The largest absolute Gasteiger partial charge is 0.493 e. The van der Waals surface area contributed by atoms with E-state index in [1.54, 1.807) is 12.1 Å². The second-order valence-corrected chi connectivity index (χ2v) is 5.80. The van der Waals surface area contributed by atoms with Crippen LogP contribution < -0.4 is 10.5 Å². The molecule has 0 saturated heterocycles.